The summed E-state index contributed by atoms with van der Waals surface area (Å²) in [6.07, 6.45) is -4.72. The summed E-state index contributed by atoms with van der Waals surface area (Å²) in [6, 6.07) is 7.85. The molecule has 1 saturated heterocycles. The smallest absolute Gasteiger partial charge is 0.394 e. The van der Waals surface area contributed by atoms with Crippen molar-refractivity contribution in [2.24, 2.45) is 11.8 Å². The van der Waals surface area contributed by atoms with E-state index in [1.807, 2.05) is 0 Å². The Morgan fingerprint density at radius 2 is 2.00 bits per heavy atom. The Morgan fingerprint density at radius 3 is 2.58 bits per heavy atom. The van der Waals surface area contributed by atoms with Gasteiger partial charge in [0.1, 0.15) is 5.69 Å². The minimum atomic E-state index is -4.72. The van der Waals surface area contributed by atoms with E-state index in [0.29, 0.717) is 10.6 Å². The lowest BCUT2D eigenvalue weighted by atomic mass is 9.96. The van der Waals surface area contributed by atoms with Crippen molar-refractivity contribution in [3.63, 3.8) is 0 Å². The maximum absolute atomic E-state index is 13.0. The first-order chi connectivity index (χ1) is 12.2. The van der Waals surface area contributed by atoms with Crippen LogP contribution in [0.15, 0.2) is 34.9 Å². The van der Waals surface area contributed by atoms with Gasteiger partial charge < -0.3 is 14.5 Å². The van der Waals surface area contributed by atoms with E-state index in [2.05, 4.69) is 5.16 Å². The highest BCUT2D eigenvalue weighted by molar-refractivity contribution is 6.30. The van der Waals surface area contributed by atoms with Gasteiger partial charge >= 0.3 is 12.1 Å². The van der Waals surface area contributed by atoms with Crippen LogP contribution >= 0.6 is 11.6 Å². The summed E-state index contributed by atoms with van der Waals surface area (Å²) < 4.78 is 44.0. The topological polar surface area (TPSA) is 83.6 Å². The third-order valence-corrected chi connectivity index (χ3v) is 4.42. The van der Waals surface area contributed by atoms with Crippen LogP contribution in [0.5, 0.6) is 0 Å². The molecule has 0 unspecified atom stereocenters. The van der Waals surface area contributed by atoms with Crippen molar-refractivity contribution in [2.45, 2.75) is 6.18 Å². The van der Waals surface area contributed by atoms with E-state index in [4.69, 9.17) is 21.2 Å². The number of hydrogen-bond donors (Lipinski definition) is 1. The molecule has 1 aromatic carbocycles. The molecule has 1 aliphatic heterocycles. The first-order valence-corrected chi connectivity index (χ1v) is 7.86. The lowest BCUT2D eigenvalue weighted by molar-refractivity contribution is -0.187. The van der Waals surface area contributed by atoms with E-state index >= 15 is 0 Å². The number of carboxylic acid groups (broad SMARTS) is 1. The molecule has 6 nitrogen and oxygen atoms in total. The van der Waals surface area contributed by atoms with Crippen molar-refractivity contribution in [2.75, 3.05) is 13.1 Å². The van der Waals surface area contributed by atoms with Gasteiger partial charge in [0.15, 0.2) is 0 Å². The van der Waals surface area contributed by atoms with Crippen molar-refractivity contribution in [3.8, 4) is 11.3 Å². The molecule has 3 rings (SSSR count). The van der Waals surface area contributed by atoms with Crippen molar-refractivity contribution in [1.29, 1.82) is 0 Å². The van der Waals surface area contributed by atoms with Crippen LogP contribution < -0.4 is 0 Å². The quantitative estimate of drug-likeness (QED) is 0.872. The fourth-order valence-corrected chi connectivity index (χ4v) is 3.06. The summed E-state index contributed by atoms with van der Waals surface area (Å²) >= 11 is 5.88. The molecule has 0 spiro atoms. The predicted molar refractivity (Wildman–Crippen MR) is 83.5 cm³/mol. The number of hydrogen-bond acceptors (Lipinski definition) is 4. The molecule has 0 bridgehead atoms. The van der Waals surface area contributed by atoms with Gasteiger partial charge in [-0.1, -0.05) is 28.9 Å². The fourth-order valence-electron chi connectivity index (χ4n) is 2.87. The summed E-state index contributed by atoms with van der Waals surface area (Å²) in [5, 5.41) is 13.2. The number of aliphatic carboxylic acids is 1. The Labute approximate surface area is 150 Å². The second-order valence-corrected chi connectivity index (χ2v) is 6.33. The standard InChI is InChI=1S/C16H12ClF3N2O4/c17-9-3-1-2-8(4-9)12-5-13(26-21-12)14(23)22-6-10(15(24)25)11(7-22)16(18,19)20/h1-5,10-11H,6-7H2,(H,24,25)/t10-,11-/m1/s1. The lowest BCUT2D eigenvalue weighted by Crippen LogP contribution is -2.34. The van der Waals surface area contributed by atoms with Gasteiger partial charge in [0.05, 0.1) is 11.8 Å². The Bertz CT molecular complexity index is 852. The largest absolute Gasteiger partial charge is 0.481 e. The number of rotatable bonds is 3. The second kappa shape index (κ2) is 6.64. The Kier molecular flexibility index (Phi) is 4.66. The molecular weight excluding hydrogens is 377 g/mol. The zero-order valence-corrected chi connectivity index (χ0v) is 13.8. The van der Waals surface area contributed by atoms with Crippen molar-refractivity contribution in [1.82, 2.24) is 10.1 Å². The second-order valence-electron chi connectivity index (χ2n) is 5.89. The van der Waals surface area contributed by atoms with Gasteiger partial charge in [-0.25, -0.2) is 0 Å². The maximum atomic E-state index is 13.0. The third-order valence-electron chi connectivity index (χ3n) is 4.19. The molecule has 2 heterocycles. The average Bonchev–Trinajstić information content (AvgIpc) is 3.21. The number of halogens is 4. The zero-order valence-electron chi connectivity index (χ0n) is 13.0. The SMILES string of the molecule is O=C(O)[C@@H]1CN(C(=O)c2cc(-c3cccc(Cl)c3)no2)C[C@H]1C(F)(F)F. The molecule has 1 fully saturated rings. The molecule has 10 heteroatoms. The van der Waals surface area contributed by atoms with Crippen LogP contribution in [0.1, 0.15) is 10.6 Å². The molecule has 1 amide bonds. The van der Waals surface area contributed by atoms with Gasteiger partial charge in [-0.2, -0.15) is 13.2 Å². The first kappa shape index (κ1) is 18.2. The van der Waals surface area contributed by atoms with Gasteiger partial charge in [0.2, 0.25) is 5.76 Å². The lowest BCUT2D eigenvalue weighted by Gasteiger charge is -2.17. The molecular formula is C16H12ClF3N2O4. The molecule has 2 atom stereocenters. The fraction of sp³-hybridized carbons (Fsp3) is 0.312. The van der Waals surface area contributed by atoms with Crippen LogP contribution in [-0.2, 0) is 4.79 Å². The Hall–Kier alpha value is -2.55. The number of nitrogens with zero attached hydrogens (tertiary/aromatic N) is 2. The van der Waals surface area contributed by atoms with Crippen LogP contribution in [0.4, 0.5) is 13.2 Å². The molecule has 1 aromatic heterocycles. The highest BCUT2D eigenvalue weighted by atomic mass is 35.5. The van der Waals surface area contributed by atoms with Crippen molar-refractivity contribution >= 4 is 23.5 Å². The summed E-state index contributed by atoms with van der Waals surface area (Å²) in [7, 11) is 0. The Balaban J connectivity index is 1.81. The molecule has 138 valence electrons. The van der Waals surface area contributed by atoms with Crippen molar-refractivity contribution < 1.29 is 32.4 Å². The number of amides is 1. The molecule has 2 aromatic rings. The van der Waals surface area contributed by atoms with E-state index in [-0.39, 0.29) is 11.5 Å². The van der Waals surface area contributed by atoms with Crippen LogP contribution in [0.2, 0.25) is 5.02 Å². The highest BCUT2D eigenvalue weighted by Crippen LogP contribution is 2.38. The number of carboxylic acids is 1. The van der Waals surface area contributed by atoms with Gasteiger partial charge in [-0.15, -0.1) is 0 Å². The van der Waals surface area contributed by atoms with Gasteiger partial charge in [0, 0.05) is 29.7 Å². The van der Waals surface area contributed by atoms with E-state index in [1.54, 1.807) is 24.3 Å². The number of aromatic nitrogens is 1. The summed E-state index contributed by atoms with van der Waals surface area (Å²) in [5.41, 5.74) is 0.857. The van der Waals surface area contributed by atoms with E-state index in [0.717, 1.165) is 4.90 Å². The number of carbonyl (C=O) groups excluding carboxylic acids is 1. The minimum absolute atomic E-state index is 0.271. The summed E-state index contributed by atoms with van der Waals surface area (Å²) in [4.78, 5) is 24.3. The predicted octanol–water partition coefficient (Wildman–Crippen LogP) is 3.33. The number of alkyl halides is 3. The van der Waals surface area contributed by atoms with Crippen LogP contribution in [0.25, 0.3) is 11.3 Å². The van der Waals surface area contributed by atoms with E-state index in [9.17, 15) is 22.8 Å². The molecule has 0 radical (unpaired) electrons. The summed E-state index contributed by atoms with van der Waals surface area (Å²) in [6.45, 7) is -1.29. The molecule has 0 saturated carbocycles. The normalized spacial score (nSPS) is 20.4. The van der Waals surface area contributed by atoms with Gasteiger partial charge in [0.25, 0.3) is 5.91 Å². The minimum Gasteiger partial charge on any atom is -0.481 e. The van der Waals surface area contributed by atoms with Crippen molar-refractivity contribution in [3.05, 3.63) is 41.1 Å². The molecule has 0 aliphatic carbocycles. The molecule has 1 N–H and O–H groups in total. The summed E-state index contributed by atoms with van der Waals surface area (Å²) in [5.74, 6) is -6.55. The third kappa shape index (κ3) is 3.52. The van der Waals surface area contributed by atoms with Crippen LogP contribution in [0, 0.1) is 11.8 Å². The first-order valence-electron chi connectivity index (χ1n) is 7.48. The van der Waals surface area contributed by atoms with E-state index < -0.39 is 43.0 Å². The van der Waals surface area contributed by atoms with Gasteiger partial charge in [-0.05, 0) is 12.1 Å². The Morgan fingerprint density at radius 1 is 1.27 bits per heavy atom. The number of carbonyl (C=O) groups is 2. The average molecular weight is 389 g/mol. The molecule has 26 heavy (non-hydrogen) atoms. The molecule has 1 aliphatic rings. The van der Waals surface area contributed by atoms with Crippen LogP contribution in [0.3, 0.4) is 0 Å². The number of benzene rings is 1. The highest BCUT2D eigenvalue weighted by Gasteiger charge is 2.53. The zero-order chi connectivity index (χ0) is 19.1. The number of likely N-dealkylation sites (tertiary alicyclic amines) is 1. The van der Waals surface area contributed by atoms with E-state index in [1.165, 1.54) is 6.07 Å². The maximum Gasteiger partial charge on any atom is 0.394 e. The van der Waals surface area contributed by atoms with Crippen LogP contribution in [-0.4, -0.2) is 46.3 Å². The van der Waals surface area contributed by atoms with Gasteiger partial charge in [-0.3, -0.25) is 9.59 Å². The monoisotopic (exact) mass is 388 g/mol.